The number of nitrogens with one attached hydrogen (secondary N) is 1. The number of hydrogen-bond donors (Lipinski definition) is 2. The van der Waals surface area contributed by atoms with Crippen LogP contribution in [-0.4, -0.2) is 35.9 Å². The van der Waals surface area contributed by atoms with Crippen LogP contribution in [0.15, 0.2) is 35.4 Å². The minimum absolute atomic E-state index is 0.0401. The third kappa shape index (κ3) is 3.76. The van der Waals surface area contributed by atoms with Gasteiger partial charge in [-0.15, -0.1) is 0 Å². The van der Waals surface area contributed by atoms with Gasteiger partial charge in [-0.1, -0.05) is 0 Å². The Bertz CT molecular complexity index is 798. The molecule has 0 saturated heterocycles. The highest BCUT2D eigenvalue weighted by Crippen LogP contribution is 2.23. The number of aryl methyl sites for hydroxylation is 2. The number of anilines is 1. The van der Waals surface area contributed by atoms with E-state index in [-0.39, 0.29) is 10.7 Å². The molecular formula is C13H15N3O5S. The summed E-state index contributed by atoms with van der Waals surface area (Å²) in [5.74, 6) is -0.571. The Labute approximate surface area is 127 Å². The van der Waals surface area contributed by atoms with Gasteiger partial charge in [0.1, 0.15) is 5.75 Å². The van der Waals surface area contributed by atoms with Crippen LogP contribution in [0, 0.1) is 6.92 Å². The third-order valence-corrected chi connectivity index (χ3v) is 4.11. The monoisotopic (exact) mass is 325 g/mol. The molecule has 0 fully saturated rings. The molecule has 0 aliphatic heterocycles. The maximum Gasteiger partial charge on any atom is 0.341 e. The smallest absolute Gasteiger partial charge is 0.341 e. The normalized spacial score (nSPS) is 11.2. The number of aromatic nitrogens is 2. The lowest BCUT2D eigenvalue weighted by atomic mass is 10.2. The summed E-state index contributed by atoms with van der Waals surface area (Å²) in [6, 6.07) is 5.71. The molecule has 0 radical (unpaired) electrons. The van der Waals surface area contributed by atoms with Crippen LogP contribution in [0.25, 0.3) is 0 Å². The Hall–Kier alpha value is -2.55. The summed E-state index contributed by atoms with van der Waals surface area (Å²) in [6.07, 6.45) is 1.62. The second-order valence-corrected chi connectivity index (χ2v) is 6.27. The largest absolute Gasteiger partial charge is 0.482 e. The van der Waals surface area contributed by atoms with Crippen molar-refractivity contribution in [2.45, 2.75) is 11.8 Å². The Morgan fingerprint density at radius 3 is 2.68 bits per heavy atom. The van der Waals surface area contributed by atoms with Crippen LogP contribution >= 0.6 is 0 Å². The first-order valence-corrected chi connectivity index (χ1v) is 7.74. The number of sulfonamides is 1. The van der Waals surface area contributed by atoms with Gasteiger partial charge in [-0.05, 0) is 30.7 Å². The molecule has 1 aromatic carbocycles. The molecule has 0 saturated carbocycles. The summed E-state index contributed by atoms with van der Waals surface area (Å²) in [4.78, 5) is 10.5. The van der Waals surface area contributed by atoms with Crippen LogP contribution in [0.5, 0.6) is 5.75 Å². The predicted octanol–water partition coefficient (Wildman–Crippen LogP) is 0.993. The maximum atomic E-state index is 12.2. The molecule has 8 nitrogen and oxygen atoms in total. The molecule has 22 heavy (non-hydrogen) atoms. The molecule has 0 aliphatic carbocycles. The fourth-order valence-electron chi connectivity index (χ4n) is 1.76. The van der Waals surface area contributed by atoms with Crippen molar-refractivity contribution in [1.29, 1.82) is 0 Å². The van der Waals surface area contributed by atoms with Crippen molar-refractivity contribution < 1.29 is 23.1 Å². The number of benzene rings is 1. The number of aliphatic carboxylic acids is 1. The molecular weight excluding hydrogens is 310 g/mol. The van der Waals surface area contributed by atoms with Crippen LogP contribution in [0.4, 0.5) is 5.82 Å². The minimum atomic E-state index is -3.77. The summed E-state index contributed by atoms with van der Waals surface area (Å²) in [6.45, 7) is 1.15. The van der Waals surface area contributed by atoms with Crippen molar-refractivity contribution in [2.24, 2.45) is 7.05 Å². The van der Waals surface area contributed by atoms with Crippen molar-refractivity contribution in [3.05, 3.63) is 36.0 Å². The molecule has 2 aromatic rings. The van der Waals surface area contributed by atoms with Crippen molar-refractivity contribution >= 4 is 21.8 Å². The number of rotatable bonds is 6. The van der Waals surface area contributed by atoms with E-state index in [1.165, 1.54) is 28.9 Å². The highest BCUT2D eigenvalue weighted by atomic mass is 32.2. The maximum absolute atomic E-state index is 12.2. The van der Waals surface area contributed by atoms with Crippen LogP contribution in [0.1, 0.15) is 5.56 Å². The summed E-state index contributed by atoms with van der Waals surface area (Å²) in [5, 5.41) is 12.5. The van der Waals surface area contributed by atoms with E-state index in [0.717, 1.165) is 0 Å². The van der Waals surface area contributed by atoms with Crippen LogP contribution in [0.2, 0.25) is 0 Å². The lowest BCUT2D eigenvalue weighted by Crippen LogP contribution is -2.14. The zero-order chi connectivity index (χ0) is 16.3. The highest BCUT2D eigenvalue weighted by molar-refractivity contribution is 7.92. The minimum Gasteiger partial charge on any atom is -0.482 e. The van der Waals surface area contributed by atoms with E-state index in [1.54, 1.807) is 20.2 Å². The van der Waals surface area contributed by atoms with Gasteiger partial charge in [0, 0.05) is 19.3 Å². The molecule has 0 aliphatic rings. The molecule has 0 amide bonds. The van der Waals surface area contributed by atoms with Crippen molar-refractivity contribution in [1.82, 2.24) is 9.78 Å². The Morgan fingerprint density at radius 1 is 1.41 bits per heavy atom. The van der Waals surface area contributed by atoms with E-state index in [9.17, 15) is 13.2 Å². The number of nitrogens with zero attached hydrogens (tertiary/aromatic N) is 2. The molecule has 0 bridgehead atoms. The van der Waals surface area contributed by atoms with E-state index in [1.807, 2.05) is 0 Å². The van der Waals surface area contributed by atoms with E-state index in [0.29, 0.717) is 11.3 Å². The average molecular weight is 325 g/mol. The Balaban J connectivity index is 2.21. The first-order valence-electron chi connectivity index (χ1n) is 6.25. The number of carboxylic acid groups (broad SMARTS) is 1. The topological polar surface area (TPSA) is 111 Å². The van der Waals surface area contributed by atoms with Gasteiger partial charge in [0.25, 0.3) is 10.0 Å². The van der Waals surface area contributed by atoms with Gasteiger partial charge in [-0.3, -0.25) is 9.40 Å². The van der Waals surface area contributed by atoms with Crippen molar-refractivity contribution in [3.63, 3.8) is 0 Å². The zero-order valence-corrected chi connectivity index (χ0v) is 12.8. The lowest BCUT2D eigenvalue weighted by Gasteiger charge is -2.10. The Morgan fingerprint density at radius 2 is 2.14 bits per heavy atom. The van der Waals surface area contributed by atoms with Gasteiger partial charge in [-0.2, -0.15) is 5.10 Å². The second kappa shape index (κ2) is 6.06. The summed E-state index contributed by atoms with van der Waals surface area (Å²) >= 11 is 0. The number of ether oxygens (including phenoxy) is 1. The van der Waals surface area contributed by atoms with Gasteiger partial charge in [0.2, 0.25) is 0 Å². The molecule has 0 atom stereocenters. The quantitative estimate of drug-likeness (QED) is 0.819. The second-order valence-electron chi connectivity index (χ2n) is 4.59. The molecule has 0 spiro atoms. The predicted molar refractivity (Wildman–Crippen MR) is 78.3 cm³/mol. The zero-order valence-electron chi connectivity index (χ0n) is 12.0. The number of carboxylic acids is 1. The standard InChI is InChI=1S/C13H15N3O5S/c1-9-7-10(3-4-11(9)21-8-13(17)18)22(19,20)15-12-5-6-16(2)14-12/h3-7H,8H2,1-2H3,(H,14,15)(H,17,18). The molecule has 1 heterocycles. The average Bonchev–Trinajstić information content (AvgIpc) is 2.81. The summed E-state index contributed by atoms with van der Waals surface area (Å²) < 4.78 is 33.4. The first-order chi connectivity index (χ1) is 10.3. The molecule has 118 valence electrons. The number of hydrogen-bond acceptors (Lipinski definition) is 5. The third-order valence-electron chi connectivity index (χ3n) is 2.76. The van der Waals surface area contributed by atoms with E-state index in [4.69, 9.17) is 9.84 Å². The van der Waals surface area contributed by atoms with E-state index in [2.05, 4.69) is 9.82 Å². The van der Waals surface area contributed by atoms with Gasteiger partial charge in [0.15, 0.2) is 12.4 Å². The van der Waals surface area contributed by atoms with Crippen molar-refractivity contribution in [3.8, 4) is 5.75 Å². The SMILES string of the molecule is Cc1cc(S(=O)(=O)Nc2ccn(C)n2)ccc1OCC(=O)O. The van der Waals surface area contributed by atoms with Crippen LogP contribution in [0.3, 0.4) is 0 Å². The molecule has 2 rings (SSSR count). The van der Waals surface area contributed by atoms with Crippen molar-refractivity contribution in [2.75, 3.05) is 11.3 Å². The molecule has 9 heteroatoms. The van der Waals surface area contributed by atoms with Gasteiger partial charge >= 0.3 is 5.97 Å². The van der Waals surface area contributed by atoms with E-state index < -0.39 is 22.6 Å². The summed E-state index contributed by atoms with van der Waals surface area (Å²) in [7, 11) is -2.09. The fraction of sp³-hybridized carbons (Fsp3) is 0.231. The lowest BCUT2D eigenvalue weighted by molar-refractivity contribution is -0.139. The molecule has 1 aromatic heterocycles. The Kier molecular flexibility index (Phi) is 4.36. The molecule has 0 unspecified atom stereocenters. The van der Waals surface area contributed by atoms with Gasteiger partial charge in [0.05, 0.1) is 4.90 Å². The van der Waals surface area contributed by atoms with Crippen LogP contribution in [-0.2, 0) is 21.9 Å². The van der Waals surface area contributed by atoms with Gasteiger partial charge < -0.3 is 9.84 Å². The molecule has 2 N–H and O–H groups in total. The first kappa shape index (κ1) is 15.8. The fourth-order valence-corrected chi connectivity index (χ4v) is 2.84. The van der Waals surface area contributed by atoms with E-state index >= 15 is 0 Å². The van der Waals surface area contributed by atoms with Crippen LogP contribution < -0.4 is 9.46 Å². The highest BCUT2D eigenvalue weighted by Gasteiger charge is 2.17. The number of carbonyl (C=O) groups is 1. The van der Waals surface area contributed by atoms with Gasteiger partial charge in [-0.25, -0.2) is 13.2 Å². The summed E-state index contributed by atoms with van der Waals surface area (Å²) in [5.41, 5.74) is 0.519.